The van der Waals surface area contributed by atoms with Crippen LogP contribution >= 0.6 is 0 Å². The third-order valence-corrected chi connectivity index (χ3v) is 5.15. The molecule has 3 saturated heterocycles. The summed E-state index contributed by atoms with van der Waals surface area (Å²) in [6, 6.07) is 3.94. The Bertz CT molecular complexity index is 527. The topological polar surface area (TPSA) is 55.2 Å². The highest BCUT2D eigenvalue weighted by Crippen LogP contribution is 2.33. The number of nitrogens with zero attached hydrogens (tertiary/aromatic N) is 2. The molecular formula is C17H24N2O4. The van der Waals surface area contributed by atoms with Crippen LogP contribution in [0, 0.1) is 11.8 Å². The molecular weight excluding hydrogens is 296 g/mol. The number of piperidine rings is 1. The van der Waals surface area contributed by atoms with Gasteiger partial charge >= 0.3 is 0 Å². The number of ether oxygens (including phenoxy) is 1. The minimum Gasteiger partial charge on any atom is -0.468 e. The van der Waals surface area contributed by atoms with Gasteiger partial charge in [-0.3, -0.25) is 14.5 Å². The van der Waals surface area contributed by atoms with Gasteiger partial charge in [0, 0.05) is 13.1 Å². The zero-order chi connectivity index (χ0) is 15.6. The molecule has 0 saturated carbocycles. The Kier molecular flexibility index (Phi) is 4.37. The van der Waals surface area contributed by atoms with Crippen molar-refractivity contribution in [3.63, 3.8) is 0 Å². The first-order valence-electron chi connectivity index (χ1n) is 8.60. The van der Waals surface area contributed by atoms with Gasteiger partial charge in [0.15, 0.2) is 0 Å². The van der Waals surface area contributed by atoms with Crippen LogP contribution in [0.5, 0.6) is 0 Å². The summed E-state index contributed by atoms with van der Waals surface area (Å²) < 4.78 is 11.5. The van der Waals surface area contributed by atoms with Crippen molar-refractivity contribution in [2.75, 3.05) is 32.8 Å². The highest BCUT2D eigenvalue weighted by atomic mass is 16.7. The molecule has 4 rings (SSSR count). The molecule has 3 aliphatic rings. The van der Waals surface area contributed by atoms with E-state index in [0.29, 0.717) is 31.8 Å². The molecule has 4 heterocycles. The third kappa shape index (κ3) is 3.29. The highest BCUT2D eigenvalue weighted by molar-refractivity contribution is 5.78. The minimum atomic E-state index is -0.0575. The van der Waals surface area contributed by atoms with Gasteiger partial charge in [0.1, 0.15) is 5.76 Å². The molecule has 0 N–H and O–H groups in total. The first-order valence-corrected chi connectivity index (χ1v) is 8.60. The van der Waals surface area contributed by atoms with Crippen LogP contribution in [0.15, 0.2) is 22.8 Å². The number of fused-ring (bicyclic) bond motifs is 1. The van der Waals surface area contributed by atoms with Crippen LogP contribution in [0.25, 0.3) is 0 Å². The summed E-state index contributed by atoms with van der Waals surface area (Å²) in [5.74, 6) is 1.46. The van der Waals surface area contributed by atoms with Gasteiger partial charge in [0.2, 0.25) is 0 Å². The maximum Gasteiger partial charge on any atom is 0.251 e. The lowest BCUT2D eigenvalue weighted by atomic mass is 9.83. The van der Waals surface area contributed by atoms with Crippen LogP contribution in [0.3, 0.4) is 0 Å². The molecule has 0 radical (unpaired) electrons. The number of hydrogen-bond acceptors (Lipinski definition) is 5. The van der Waals surface area contributed by atoms with Crippen LogP contribution in [-0.2, 0) is 20.9 Å². The smallest absolute Gasteiger partial charge is 0.251 e. The summed E-state index contributed by atoms with van der Waals surface area (Å²) in [4.78, 5) is 20.3. The molecule has 3 atom stereocenters. The van der Waals surface area contributed by atoms with Crippen LogP contribution in [0.4, 0.5) is 0 Å². The summed E-state index contributed by atoms with van der Waals surface area (Å²) in [6.07, 6.45) is 4.88. The quantitative estimate of drug-likeness (QED) is 0.848. The molecule has 0 aromatic carbocycles. The van der Waals surface area contributed by atoms with Gasteiger partial charge in [0.05, 0.1) is 44.6 Å². The number of carbonyl (C=O) groups is 1. The largest absolute Gasteiger partial charge is 0.468 e. The molecule has 6 heteroatoms. The van der Waals surface area contributed by atoms with Crippen molar-refractivity contribution in [3.8, 4) is 0 Å². The average Bonchev–Trinajstić information content (AvgIpc) is 3.27. The molecule has 3 fully saturated rings. The SMILES string of the molecule is O=C([C@@H]1CO[C@@H]2CCN(Cc3ccco3)C[C@@H]2C1)N1CCCO1. The van der Waals surface area contributed by atoms with E-state index in [-0.39, 0.29) is 11.8 Å². The average molecular weight is 320 g/mol. The Morgan fingerprint density at radius 2 is 2.30 bits per heavy atom. The first kappa shape index (κ1) is 15.2. The van der Waals surface area contributed by atoms with E-state index in [1.807, 2.05) is 12.1 Å². The zero-order valence-corrected chi connectivity index (χ0v) is 13.4. The number of likely N-dealkylation sites (tertiary alicyclic amines) is 1. The van der Waals surface area contributed by atoms with Gasteiger partial charge in [-0.15, -0.1) is 0 Å². The van der Waals surface area contributed by atoms with E-state index < -0.39 is 0 Å². The van der Waals surface area contributed by atoms with E-state index in [2.05, 4.69) is 4.90 Å². The lowest BCUT2D eigenvalue weighted by Crippen LogP contribution is -2.50. The zero-order valence-electron chi connectivity index (χ0n) is 13.4. The van der Waals surface area contributed by atoms with Gasteiger partial charge in [-0.2, -0.15) is 0 Å². The van der Waals surface area contributed by atoms with Gasteiger partial charge in [-0.1, -0.05) is 0 Å². The fraction of sp³-hybridized carbons (Fsp3) is 0.706. The molecule has 0 spiro atoms. The number of hydrogen-bond donors (Lipinski definition) is 0. The third-order valence-electron chi connectivity index (χ3n) is 5.15. The van der Waals surface area contributed by atoms with E-state index >= 15 is 0 Å². The molecule has 0 bridgehead atoms. The summed E-state index contributed by atoms with van der Waals surface area (Å²) in [6.45, 7) is 4.74. The molecule has 0 aliphatic carbocycles. The van der Waals surface area contributed by atoms with Crippen LogP contribution in [0.1, 0.15) is 25.0 Å². The molecule has 0 unspecified atom stereocenters. The number of amides is 1. The number of furan rings is 1. The number of rotatable bonds is 3. The van der Waals surface area contributed by atoms with Gasteiger partial charge in [-0.05, 0) is 37.3 Å². The van der Waals surface area contributed by atoms with Crippen molar-refractivity contribution in [2.45, 2.75) is 31.9 Å². The van der Waals surface area contributed by atoms with Gasteiger partial charge in [0.25, 0.3) is 5.91 Å². The predicted molar refractivity (Wildman–Crippen MR) is 82.2 cm³/mol. The van der Waals surface area contributed by atoms with Crippen LogP contribution in [0.2, 0.25) is 0 Å². The van der Waals surface area contributed by atoms with Crippen molar-refractivity contribution in [3.05, 3.63) is 24.2 Å². The highest BCUT2D eigenvalue weighted by Gasteiger charge is 2.40. The fourth-order valence-electron chi connectivity index (χ4n) is 3.97. The second-order valence-corrected chi connectivity index (χ2v) is 6.79. The summed E-state index contributed by atoms with van der Waals surface area (Å²) in [5.41, 5.74) is 0. The van der Waals surface area contributed by atoms with Crippen molar-refractivity contribution >= 4 is 5.91 Å². The van der Waals surface area contributed by atoms with E-state index in [9.17, 15) is 4.79 Å². The lowest BCUT2D eigenvalue weighted by molar-refractivity contribution is -0.183. The minimum absolute atomic E-state index is 0.0575. The Labute approximate surface area is 136 Å². The maximum atomic E-state index is 12.5. The molecule has 23 heavy (non-hydrogen) atoms. The lowest BCUT2D eigenvalue weighted by Gasteiger charge is -2.43. The van der Waals surface area contributed by atoms with Crippen LogP contribution in [-0.4, -0.2) is 54.8 Å². The van der Waals surface area contributed by atoms with E-state index in [0.717, 1.165) is 44.7 Å². The first-order chi connectivity index (χ1) is 11.3. The fourth-order valence-corrected chi connectivity index (χ4v) is 3.97. The van der Waals surface area contributed by atoms with Crippen molar-refractivity contribution in [1.29, 1.82) is 0 Å². The standard InChI is InChI=1S/C17H24N2O4/c20-17(19-5-2-8-23-19)14-9-13-10-18(6-4-16(13)22-12-14)11-15-3-1-7-21-15/h1,3,7,13-14,16H,2,4-6,8-12H2/t13-,14-,16+/m0/s1. The Hall–Kier alpha value is -1.37. The molecule has 6 nitrogen and oxygen atoms in total. The maximum absolute atomic E-state index is 12.5. The molecule has 1 aromatic rings. The summed E-state index contributed by atoms with van der Waals surface area (Å²) in [5, 5.41) is 1.54. The second kappa shape index (κ2) is 6.63. The van der Waals surface area contributed by atoms with Crippen molar-refractivity contribution in [1.82, 2.24) is 9.96 Å². The van der Waals surface area contributed by atoms with E-state index in [1.165, 1.54) is 5.06 Å². The van der Waals surface area contributed by atoms with Gasteiger partial charge in [-0.25, -0.2) is 5.06 Å². The Balaban J connectivity index is 1.35. The molecule has 1 aromatic heterocycles. The Morgan fingerprint density at radius 3 is 3.09 bits per heavy atom. The normalized spacial score (nSPS) is 32.0. The predicted octanol–water partition coefficient (Wildman–Crippen LogP) is 1.67. The van der Waals surface area contributed by atoms with E-state index in [1.54, 1.807) is 6.26 Å². The monoisotopic (exact) mass is 320 g/mol. The number of carbonyl (C=O) groups excluding carboxylic acids is 1. The Morgan fingerprint density at radius 1 is 1.35 bits per heavy atom. The molecule has 126 valence electrons. The summed E-state index contributed by atoms with van der Waals surface area (Å²) in [7, 11) is 0. The van der Waals surface area contributed by atoms with Crippen LogP contribution < -0.4 is 0 Å². The summed E-state index contributed by atoms with van der Waals surface area (Å²) >= 11 is 0. The second-order valence-electron chi connectivity index (χ2n) is 6.79. The van der Waals surface area contributed by atoms with E-state index in [4.69, 9.17) is 14.0 Å². The van der Waals surface area contributed by atoms with Crippen molar-refractivity contribution < 1.29 is 18.8 Å². The number of hydroxylamine groups is 2. The molecule has 1 amide bonds. The van der Waals surface area contributed by atoms with Crippen molar-refractivity contribution in [2.24, 2.45) is 11.8 Å². The van der Waals surface area contributed by atoms with Gasteiger partial charge < -0.3 is 9.15 Å². The molecule has 3 aliphatic heterocycles.